The summed E-state index contributed by atoms with van der Waals surface area (Å²) in [6, 6.07) is 10.1. The van der Waals surface area contributed by atoms with Crippen LogP contribution in [0.5, 0.6) is 0 Å². The number of hydrogen-bond donors (Lipinski definition) is 1. The Bertz CT molecular complexity index is 830. The van der Waals surface area contributed by atoms with Crippen LogP contribution in [-0.4, -0.2) is 67.1 Å². The third kappa shape index (κ3) is 5.73. The second-order valence-electron chi connectivity index (χ2n) is 7.76. The van der Waals surface area contributed by atoms with Gasteiger partial charge in [0.15, 0.2) is 5.16 Å². The minimum absolute atomic E-state index is 0.143. The molecule has 1 fully saturated rings. The molecule has 1 N–H and O–H groups in total. The molecule has 0 spiro atoms. The first-order chi connectivity index (χ1) is 14.5. The molecule has 0 radical (unpaired) electrons. The molecule has 1 aromatic carbocycles. The average molecular weight is 429 g/mol. The molecule has 3 rings (SSSR count). The molecule has 1 saturated heterocycles. The van der Waals surface area contributed by atoms with Crippen LogP contribution >= 0.6 is 11.8 Å². The second-order valence-corrected chi connectivity index (χ2v) is 8.70. The fourth-order valence-corrected chi connectivity index (χ4v) is 4.41. The lowest BCUT2D eigenvalue weighted by atomic mass is 10.1. The maximum Gasteiger partial charge on any atom is 0.254 e. The number of hydrogen-bond acceptors (Lipinski definition) is 5. The van der Waals surface area contributed by atoms with E-state index in [1.54, 1.807) is 11.8 Å². The van der Waals surface area contributed by atoms with E-state index in [9.17, 15) is 4.79 Å². The Kier molecular flexibility index (Phi) is 8.10. The molecule has 0 bridgehead atoms. The van der Waals surface area contributed by atoms with Crippen molar-refractivity contribution in [3.63, 3.8) is 0 Å². The van der Waals surface area contributed by atoms with E-state index >= 15 is 0 Å². The van der Waals surface area contributed by atoms with Crippen molar-refractivity contribution in [1.82, 2.24) is 14.9 Å². The van der Waals surface area contributed by atoms with E-state index in [-0.39, 0.29) is 5.91 Å². The van der Waals surface area contributed by atoms with Crippen molar-refractivity contribution in [3.8, 4) is 0 Å². The molecule has 1 aliphatic rings. The number of carbonyl (C=O) groups excluding carboxylic acids is 1. The Hall–Kier alpha value is -2.12. The fraction of sp³-hybridized carbons (Fsp3) is 0.522. The zero-order chi connectivity index (χ0) is 21.5. The molecule has 162 valence electrons. The third-order valence-electron chi connectivity index (χ3n) is 5.67. The van der Waals surface area contributed by atoms with Gasteiger partial charge in [0.1, 0.15) is 5.82 Å². The van der Waals surface area contributed by atoms with Gasteiger partial charge in [-0.1, -0.05) is 30.8 Å². The van der Waals surface area contributed by atoms with Gasteiger partial charge in [-0.2, -0.15) is 0 Å². The predicted octanol–water partition coefficient (Wildman–Crippen LogP) is 2.15. The van der Waals surface area contributed by atoms with Gasteiger partial charge in [0.2, 0.25) is 0 Å². The number of benzene rings is 1. The second kappa shape index (κ2) is 10.8. The molecule has 30 heavy (non-hydrogen) atoms. The molecular formula is C23H34N5OS+. The van der Waals surface area contributed by atoms with E-state index in [0.29, 0.717) is 0 Å². The van der Waals surface area contributed by atoms with Crippen LogP contribution in [0.3, 0.4) is 0 Å². The summed E-state index contributed by atoms with van der Waals surface area (Å²) in [5, 5.41) is 0.816. The van der Waals surface area contributed by atoms with Crippen molar-refractivity contribution < 1.29 is 9.69 Å². The standard InChI is InChI=1S/C23H33N5OS/c1-5-20-16-21(27(6-2)7-3)25-23(24-20)30-17-18-8-10-19(11-9-18)22(29)28-14-12-26(4)13-15-28/h8-11,16H,5-7,12-15,17H2,1-4H3/p+1. The smallest absolute Gasteiger partial charge is 0.254 e. The van der Waals surface area contributed by atoms with Crippen molar-refractivity contribution in [1.29, 1.82) is 0 Å². The number of likely N-dealkylation sites (N-methyl/N-ethyl adjacent to an activating group) is 1. The highest BCUT2D eigenvalue weighted by molar-refractivity contribution is 7.98. The molecule has 7 heteroatoms. The number of nitrogens with one attached hydrogen (secondary N) is 1. The third-order valence-corrected chi connectivity index (χ3v) is 6.59. The first-order valence-corrected chi connectivity index (χ1v) is 12.0. The van der Waals surface area contributed by atoms with Crippen LogP contribution in [0, 0.1) is 0 Å². The first-order valence-electron chi connectivity index (χ1n) is 11.0. The van der Waals surface area contributed by atoms with Gasteiger partial charge in [0, 0.05) is 36.2 Å². The summed E-state index contributed by atoms with van der Waals surface area (Å²) in [4.78, 5) is 27.9. The van der Waals surface area contributed by atoms with E-state index in [2.05, 4.69) is 50.9 Å². The van der Waals surface area contributed by atoms with Crippen LogP contribution in [0.1, 0.15) is 42.4 Å². The van der Waals surface area contributed by atoms with Crippen molar-refractivity contribution in [2.24, 2.45) is 0 Å². The highest BCUT2D eigenvalue weighted by atomic mass is 32.2. The summed E-state index contributed by atoms with van der Waals surface area (Å²) in [6.07, 6.45) is 0.898. The van der Waals surface area contributed by atoms with Crippen molar-refractivity contribution in [2.45, 2.75) is 38.1 Å². The monoisotopic (exact) mass is 428 g/mol. The van der Waals surface area contributed by atoms with Crippen LogP contribution in [0.2, 0.25) is 0 Å². The Morgan fingerprint density at radius 3 is 2.37 bits per heavy atom. The zero-order valence-corrected chi connectivity index (χ0v) is 19.5. The number of aryl methyl sites for hydroxylation is 1. The van der Waals surface area contributed by atoms with Crippen molar-refractivity contribution in [2.75, 3.05) is 51.2 Å². The van der Waals surface area contributed by atoms with Gasteiger partial charge in [-0.3, -0.25) is 4.79 Å². The quantitative estimate of drug-likeness (QED) is 0.516. The summed E-state index contributed by atoms with van der Waals surface area (Å²) < 4.78 is 0. The van der Waals surface area contributed by atoms with E-state index < -0.39 is 0 Å². The largest absolute Gasteiger partial charge is 0.357 e. The van der Waals surface area contributed by atoms with Crippen LogP contribution in [0.15, 0.2) is 35.5 Å². The Balaban J connectivity index is 1.63. The van der Waals surface area contributed by atoms with Crippen LogP contribution in [-0.2, 0) is 12.2 Å². The molecule has 1 aliphatic heterocycles. The fourth-order valence-electron chi connectivity index (χ4n) is 3.58. The zero-order valence-electron chi connectivity index (χ0n) is 18.6. The van der Waals surface area contributed by atoms with E-state index in [0.717, 1.165) is 73.7 Å². The molecule has 0 aliphatic carbocycles. The SMILES string of the molecule is CCc1cc(N(CC)CC)nc(SCc2ccc(C(=O)N3CC[NH+](C)CC3)cc2)n1. The number of thioether (sulfide) groups is 1. The van der Waals surface area contributed by atoms with Gasteiger partial charge in [-0.05, 0) is 38.0 Å². The molecule has 0 atom stereocenters. The molecule has 1 amide bonds. The number of carbonyl (C=O) groups is 1. The normalized spacial score (nSPS) is 14.7. The summed E-state index contributed by atoms with van der Waals surface area (Å²) in [6.45, 7) is 12.0. The summed E-state index contributed by atoms with van der Waals surface area (Å²) in [7, 11) is 2.18. The summed E-state index contributed by atoms with van der Waals surface area (Å²) >= 11 is 1.65. The van der Waals surface area contributed by atoms with E-state index in [1.165, 1.54) is 10.5 Å². The number of aromatic nitrogens is 2. The number of quaternary nitrogens is 1. The van der Waals surface area contributed by atoms with Gasteiger partial charge < -0.3 is 14.7 Å². The molecule has 0 unspecified atom stereocenters. The highest BCUT2D eigenvalue weighted by Crippen LogP contribution is 2.23. The van der Waals surface area contributed by atoms with E-state index in [4.69, 9.17) is 9.97 Å². The Labute approximate surface area is 184 Å². The highest BCUT2D eigenvalue weighted by Gasteiger charge is 2.22. The van der Waals surface area contributed by atoms with Crippen LogP contribution in [0.4, 0.5) is 5.82 Å². The Morgan fingerprint density at radius 2 is 1.77 bits per heavy atom. The lowest BCUT2D eigenvalue weighted by Crippen LogP contribution is -3.12. The number of anilines is 1. The minimum atomic E-state index is 0.143. The minimum Gasteiger partial charge on any atom is -0.357 e. The van der Waals surface area contributed by atoms with Crippen molar-refractivity contribution in [3.05, 3.63) is 47.2 Å². The average Bonchev–Trinajstić information content (AvgIpc) is 2.79. The molecule has 1 aromatic heterocycles. The van der Waals surface area contributed by atoms with E-state index in [1.807, 2.05) is 17.0 Å². The number of rotatable bonds is 8. The molecule has 0 saturated carbocycles. The van der Waals surface area contributed by atoms with Gasteiger partial charge in [0.05, 0.1) is 33.2 Å². The topological polar surface area (TPSA) is 53.8 Å². The molecule has 2 heterocycles. The lowest BCUT2D eigenvalue weighted by molar-refractivity contribution is -0.883. The van der Waals surface area contributed by atoms with Gasteiger partial charge in [0.25, 0.3) is 5.91 Å². The number of amides is 1. The maximum absolute atomic E-state index is 12.7. The first kappa shape index (κ1) is 22.6. The molecular weight excluding hydrogens is 394 g/mol. The maximum atomic E-state index is 12.7. The lowest BCUT2D eigenvalue weighted by Gasteiger charge is -2.30. The summed E-state index contributed by atoms with van der Waals surface area (Å²) in [5.74, 6) is 1.94. The molecule has 6 nitrogen and oxygen atoms in total. The van der Waals surface area contributed by atoms with Gasteiger partial charge in [-0.15, -0.1) is 0 Å². The van der Waals surface area contributed by atoms with Crippen LogP contribution < -0.4 is 9.80 Å². The van der Waals surface area contributed by atoms with Crippen molar-refractivity contribution >= 4 is 23.5 Å². The number of piperazine rings is 1. The van der Waals surface area contributed by atoms with Gasteiger partial charge in [-0.25, -0.2) is 9.97 Å². The summed E-state index contributed by atoms with van der Waals surface area (Å²) in [5.41, 5.74) is 3.02. The molecule has 2 aromatic rings. The van der Waals surface area contributed by atoms with Gasteiger partial charge >= 0.3 is 0 Å². The Morgan fingerprint density at radius 1 is 1.10 bits per heavy atom. The van der Waals surface area contributed by atoms with Crippen LogP contribution in [0.25, 0.3) is 0 Å². The predicted molar refractivity (Wildman–Crippen MR) is 123 cm³/mol. The number of nitrogens with zero attached hydrogens (tertiary/aromatic N) is 4.